The van der Waals surface area contributed by atoms with E-state index in [1.807, 2.05) is 30.3 Å². The monoisotopic (exact) mass is 264 g/mol. The zero-order chi connectivity index (χ0) is 14.3. The van der Waals surface area contributed by atoms with Gasteiger partial charge in [0.05, 0.1) is 0 Å². The van der Waals surface area contributed by atoms with E-state index >= 15 is 0 Å². The lowest BCUT2D eigenvalue weighted by molar-refractivity contribution is -0.137. The number of nitrogens with two attached hydrogens (primary N) is 1. The van der Waals surface area contributed by atoms with Crippen molar-refractivity contribution in [2.45, 2.75) is 38.3 Å². The molecule has 5 nitrogen and oxygen atoms in total. The van der Waals surface area contributed by atoms with Crippen molar-refractivity contribution in [3.63, 3.8) is 0 Å². The first-order valence-corrected chi connectivity index (χ1v) is 6.30. The summed E-state index contributed by atoms with van der Waals surface area (Å²) in [6.07, 6.45) is 0.662. The van der Waals surface area contributed by atoms with Gasteiger partial charge in [-0.2, -0.15) is 0 Å². The van der Waals surface area contributed by atoms with Crippen LogP contribution in [0.4, 0.5) is 0 Å². The highest BCUT2D eigenvalue weighted by molar-refractivity contribution is 5.77. The second kappa shape index (κ2) is 7.53. The largest absolute Gasteiger partial charge is 0.481 e. The van der Waals surface area contributed by atoms with Crippen LogP contribution in [0.25, 0.3) is 0 Å². The molecule has 4 N–H and O–H groups in total. The minimum atomic E-state index is -0.859. The fourth-order valence-electron chi connectivity index (χ4n) is 1.76. The molecule has 0 aliphatic carbocycles. The first-order chi connectivity index (χ1) is 8.99. The van der Waals surface area contributed by atoms with E-state index < -0.39 is 5.97 Å². The Bertz CT molecular complexity index is 420. The van der Waals surface area contributed by atoms with Crippen molar-refractivity contribution in [2.75, 3.05) is 0 Å². The van der Waals surface area contributed by atoms with Crippen molar-refractivity contribution in [2.24, 2.45) is 5.73 Å². The van der Waals surface area contributed by atoms with E-state index in [1.54, 1.807) is 6.92 Å². The molecule has 5 heteroatoms. The van der Waals surface area contributed by atoms with Crippen LogP contribution in [0.5, 0.6) is 0 Å². The smallest absolute Gasteiger partial charge is 0.303 e. The summed E-state index contributed by atoms with van der Waals surface area (Å²) in [5.74, 6) is -1.02. The number of carbonyl (C=O) groups excluding carboxylic acids is 1. The Kier molecular flexibility index (Phi) is 6.02. The summed E-state index contributed by atoms with van der Waals surface area (Å²) in [5.41, 5.74) is 6.85. The van der Waals surface area contributed by atoms with Crippen LogP contribution < -0.4 is 11.1 Å². The van der Waals surface area contributed by atoms with E-state index in [0.29, 0.717) is 6.42 Å². The summed E-state index contributed by atoms with van der Waals surface area (Å²) in [6, 6.07) is 8.91. The molecule has 1 aromatic rings. The molecule has 2 unspecified atom stereocenters. The fourth-order valence-corrected chi connectivity index (χ4v) is 1.76. The van der Waals surface area contributed by atoms with E-state index in [-0.39, 0.29) is 30.8 Å². The second-order valence-electron chi connectivity index (χ2n) is 4.62. The molecule has 1 amide bonds. The molecule has 0 radical (unpaired) electrons. The van der Waals surface area contributed by atoms with Gasteiger partial charge in [0, 0.05) is 24.9 Å². The van der Waals surface area contributed by atoms with Crippen LogP contribution in [0.1, 0.15) is 37.8 Å². The van der Waals surface area contributed by atoms with Crippen molar-refractivity contribution in [1.29, 1.82) is 0 Å². The van der Waals surface area contributed by atoms with Crippen LogP contribution >= 0.6 is 0 Å². The van der Waals surface area contributed by atoms with Gasteiger partial charge in [-0.15, -0.1) is 0 Å². The minimum absolute atomic E-state index is 0.0478. The van der Waals surface area contributed by atoms with Gasteiger partial charge in [-0.1, -0.05) is 30.3 Å². The number of rotatable bonds is 7. The molecule has 19 heavy (non-hydrogen) atoms. The maximum atomic E-state index is 11.7. The number of hydrogen-bond donors (Lipinski definition) is 3. The molecular formula is C14H20N2O3. The first-order valence-electron chi connectivity index (χ1n) is 6.30. The van der Waals surface area contributed by atoms with Gasteiger partial charge in [-0.3, -0.25) is 9.59 Å². The number of carboxylic acid groups (broad SMARTS) is 1. The summed E-state index contributed by atoms with van der Waals surface area (Å²) in [5, 5.41) is 11.3. The first kappa shape index (κ1) is 15.2. The van der Waals surface area contributed by atoms with Gasteiger partial charge in [-0.25, -0.2) is 0 Å². The molecule has 0 fully saturated rings. The van der Waals surface area contributed by atoms with Gasteiger partial charge in [0.1, 0.15) is 0 Å². The van der Waals surface area contributed by atoms with Crippen molar-refractivity contribution in [3.05, 3.63) is 35.9 Å². The Hall–Kier alpha value is -1.88. The molecule has 0 saturated carbocycles. The highest BCUT2D eigenvalue weighted by Crippen LogP contribution is 2.13. The van der Waals surface area contributed by atoms with Crippen LogP contribution in [0.3, 0.4) is 0 Å². The van der Waals surface area contributed by atoms with Crippen LogP contribution in [0.15, 0.2) is 30.3 Å². The maximum absolute atomic E-state index is 11.7. The minimum Gasteiger partial charge on any atom is -0.481 e. The maximum Gasteiger partial charge on any atom is 0.303 e. The summed E-state index contributed by atoms with van der Waals surface area (Å²) in [6.45, 7) is 1.79. The Labute approximate surface area is 112 Å². The van der Waals surface area contributed by atoms with Crippen LogP contribution in [0.2, 0.25) is 0 Å². The predicted molar refractivity (Wildman–Crippen MR) is 72.5 cm³/mol. The molecule has 0 bridgehead atoms. The molecule has 1 aromatic carbocycles. The highest BCUT2D eigenvalue weighted by atomic mass is 16.4. The number of amides is 1. The van der Waals surface area contributed by atoms with Gasteiger partial charge >= 0.3 is 5.97 Å². The summed E-state index contributed by atoms with van der Waals surface area (Å²) >= 11 is 0. The van der Waals surface area contributed by atoms with Crippen molar-refractivity contribution in [3.8, 4) is 0 Å². The molecule has 0 aliphatic heterocycles. The molecule has 1 rings (SSSR count). The summed E-state index contributed by atoms with van der Waals surface area (Å²) in [7, 11) is 0. The Morgan fingerprint density at radius 2 is 1.95 bits per heavy atom. The molecule has 0 saturated heterocycles. The molecule has 2 atom stereocenters. The fraction of sp³-hybridized carbons (Fsp3) is 0.429. The number of nitrogens with one attached hydrogen (secondary N) is 1. The van der Waals surface area contributed by atoms with E-state index in [4.69, 9.17) is 10.8 Å². The Morgan fingerprint density at radius 3 is 2.53 bits per heavy atom. The zero-order valence-corrected chi connectivity index (χ0v) is 11.0. The van der Waals surface area contributed by atoms with E-state index in [1.165, 1.54) is 0 Å². The summed E-state index contributed by atoms with van der Waals surface area (Å²) < 4.78 is 0. The van der Waals surface area contributed by atoms with Crippen LogP contribution in [0, 0.1) is 0 Å². The number of benzene rings is 1. The number of hydrogen-bond acceptors (Lipinski definition) is 3. The van der Waals surface area contributed by atoms with E-state index in [2.05, 4.69) is 5.32 Å². The van der Waals surface area contributed by atoms with Gasteiger partial charge in [0.25, 0.3) is 0 Å². The molecule has 0 aromatic heterocycles. The Morgan fingerprint density at radius 1 is 1.32 bits per heavy atom. The normalized spacial score (nSPS) is 13.6. The number of aliphatic carboxylic acids is 1. The van der Waals surface area contributed by atoms with Gasteiger partial charge in [-0.05, 0) is 18.9 Å². The summed E-state index contributed by atoms with van der Waals surface area (Å²) in [4.78, 5) is 22.2. The average Bonchev–Trinajstić information content (AvgIpc) is 2.37. The van der Waals surface area contributed by atoms with Gasteiger partial charge in [0.15, 0.2) is 0 Å². The van der Waals surface area contributed by atoms with E-state index in [9.17, 15) is 9.59 Å². The van der Waals surface area contributed by atoms with Crippen molar-refractivity contribution < 1.29 is 14.7 Å². The highest BCUT2D eigenvalue weighted by Gasteiger charge is 2.14. The van der Waals surface area contributed by atoms with Gasteiger partial charge in [0.2, 0.25) is 5.91 Å². The standard InChI is InChI=1S/C14H20N2O3/c1-10(7-8-14(18)19)16-13(17)9-12(15)11-5-3-2-4-6-11/h2-6,10,12H,7-9,15H2,1H3,(H,16,17)(H,18,19). The number of carboxylic acids is 1. The lowest BCUT2D eigenvalue weighted by Crippen LogP contribution is -2.34. The van der Waals surface area contributed by atoms with Crippen molar-refractivity contribution >= 4 is 11.9 Å². The topological polar surface area (TPSA) is 92.4 Å². The second-order valence-corrected chi connectivity index (χ2v) is 4.62. The third kappa shape index (κ3) is 6.01. The van der Waals surface area contributed by atoms with Crippen LogP contribution in [-0.2, 0) is 9.59 Å². The molecule has 0 heterocycles. The molecular weight excluding hydrogens is 244 g/mol. The predicted octanol–water partition coefficient (Wildman–Crippen LogP) is 1.45. The Balaban J connectivity index is 2.36. The SMILES string of the molecule is CC(CCC(=O)O)NC(=O)CC(N)c1ccccc1. The van der Waals surface area contributed by atoms with Crippen LogP contribution in [-0.4, -0.2) is 23.0 Å². The lowest BCUT2D eigenvalue weighted by Gasteiger charge is -2.16. The third-order valence-electron chi connectivity index (χ3n) is 2.83. The lowest BCUT2D eigenvalue weighted by atomic mass is 10.0. The third-order valence-corrected chi connectivity index (χ3v) is 2.83. The zero-order valence-electron chi connectivity index (χ0n) is 11.0. The van der Waals surface area contributed by atoms with Gasteiger partial charge < -0.3 is 16.2 Å². The molecule has 0 spiro atoms. The quantitative estimate of drug-likeness (QED) is 0.695. The van der Waals surface area contributed by atoms with Crippen molar-refractivity contribution in [1.82, 2.24) is 5.32 Å². The average molecular weight is 264 g/mol. The number of carbonyl (C=O) groups is 2. The molecule has 0 aliphatic rings. The molecule has 104 valence electrons. The van der Waals surface area contributed by atoms with E-state index in [0.717, 1.165) is 5.56 Å².